The minimum atomic E-state index is -3.66. The zero-order valence-electron chi connectivity index (χ0n) is 18.8. The van der Waals surface area contributed by atoms with E-state index in [2.05, 4.69) is 20.6 Å². The van der Waals surface area contributed by atoms with Gasteiger partial charge in [-0.1, -0.05) is 0 Å². The largest absolute Gasteiger partial charge is 0.377 e. The van der Waals surface area contributed by atoms with Gasteiger partial charge in [0, 0.05) is 6.54 Å². The smallest absolute Gasteiger partial charge is 0.258 e. The molecule has 3 aliphatic rings. The lowest BCUT2D eigenvalue weighted by molar-refractivity contribution is 0.0987. The molecule has 1 unspecified atom stereocenters. The second-order valence-corrected chi connectivity index (χ2v) is 10.8. The van der Waals surface area contributed by atoms with E-state index in [4.69, 9.17) is 14.7 Å². The maximum Gasteiger partial charge on any atom is 0.258 e. The van der Waals surface area contributed by atoms with Crippen molar-refractivity contribution >= 4 is 44.2 Å². The van der Waals surface area contributed by atoms with E-state index in [1.165, 1.54) is 18.3 Å². The van der Waals surface area contributed by atoms with Crippen LogP contribution in [0.25, 0.3) is 11.0 Å². The third-order valence-corrected chi connectivity index (χ3v) is 8.51. The fraction of sp³-hybridized carbons (Fsp3) is 0.476. The molecule has 6 rings (SSSR count). The summed E-state index contributed by atoms with van der Waals surface area (Å²) in [6.45, 7) is 3.70. The molecule has 11 nitrogen and oxygen atoms in total. The number of benzene rings is 1. The van der Waals surface area contributed by atoms with Crippen LogP contribution in [0.15, 0.2) is 24.4 Å². The van der Waals surface area contributed by atoms with Gasteiger partial charge in [0.15, 0.2) is 11.9 Å². The van der Waals surface area contributed by atoms with Gasteiger partial charge < -0.3 is 15.0 Å². The molecule has 0 amide bonds. The molecule has 1 aromatic carbocycles. The number of fused-ring (bicyclic) bond motifs is 2. The van der Waals surface area contributed by atoms with Crippen molar-refractivity contribution in [3.05, 3.63) is 30.2 Å². The minimum absolute atomic E-state index is 0.0290. The molecule has 1 saturated heterocycles. The normalized spacial score (nSPS) is 22.8. The van der Waals surface area contributed by atoms with E-state index in [0.717, 1.165) is 4.09 Å². The van der Waals surface area contributed by atoms with Gasteiger partial charge in [-0.25, -0.2) is 12.8 Å². The van der Waals surface area contributed by atoms with Gasteiger partial charge >= 0.3 is 0 Å². The number of hydrogen-bond acceptors (Lipinski definition) is 10. The first-order valence-electron chi connectivity index (χ1n) is 11.3. The lowest BCUT2D eigenvalue weighted by atomic mass is 10.2. The monoisotopic (exact) mass is 488 g/mol. The lowest BCUT2D eigenvalue weighted by Gasteiger charge is -2.35. The molecule has 13 heteroatoms. The van der Waals surface area contributed by atoms with E-state index in [1.807, 2.05) is 6.92 Å². The van der Waals surface area contributed by atoms with E-state index in [-0.39, 0.29) is 23.5 Å². The van der Waals surface area contributed by atoms with Gasteiger partial charge in [-0.05, 0) is 45.0 Å². The van der Waals surface area contributed by atoms with Gasteiger partial charge in [-0.3, -0.25) is 10.2 Å². The molecule has 2 aromatic heterocycles. The highest BCUT2D eigenvalue weighted by atomic mass is 32.2. The van der Waals surface area contributed by atoms with Gasteiger partial charge in [0.25, 0.3) is 10.0 Å². The fourth-order valence-electron chi connectivity index (χ4n) is 4.53. The summed E-state index contributed by atoms with van der Waals surface area (Å²) in [5.41, 5.74) is 1.50. The van der Waals surface area contributed by atoms with Gasteiger partial charge in [-0.2, -0.15) is 15.1 Å². The molecule has 2 N–H and O–H groups in total. The lowest BCUT2D eigenvalue weighted by Crippen LogP contribution is -2.45. The number of halogens is 1. The van der Waals surface area contributed by atoms with Gasteiger partial charge in [0.1, 0.15) is 11.6 Å². The van der Waals surface area contributed by atoms with Crippen LogP contribution in [0.1, 0.15) is 19.8 Å². The molecule has 4 heterocycles. The average Bonchev–Trinajstić information content (AvgIpc) is 3.50. The van der Waals surface area contributed by atoms with Crippen LogP contribution < -0.4 is 20.4 Å². The van der Waals surface area contributed by atoms with Crippen molar-refractivity contribution in [1.29, 1.82) is 0 Å². The highest BCUT2D eigenvalue weighted by Gasteiger charge is 2.40. The molecule has 2 fully saturated rings. The molecule has 0 radical (unpaired) electrons. The first kappa shape index (κ1) is 21.5. The van der Waals surface area contributed by atoms with Crippen LogP contribution in [-0.4, -0.2) is 72.0 Å². The standard InChI is InChI=1S/C21H25FN8O3S/c1-12-11-33-8-7-28(12)18-15-10-24-30(34(31,32)14-4-5-14)19(15)27-21(26-18)29-17-6-3-13(22)9-16(17)25-20(29)23-2/h3,6,9-10,12,14,20,23,25H,4-5,7-8,11H2,1-2H3/t12-,20?/m1/s1. The Labute approximate surface area is 196 Å². The fourth-order valence-corrected chi connectivity index (χ4v) is 6.11. The number of nitrogens with zero attached hydrogens (tertiary/aromatic N) is 6. The Morgan fingerprint density at radius 2 is 2.09 bits per heavy atom. The van der Waals surface area contributed by atoms with Crippen molar-refractivity contribution < 1.29 is 17.5 Å². The van der Waals surface area contributed by atoms with E-state index in [9.17, 15) is 12.8 Å². The summed E-state index contributed by atoms with van der Waals surface area (Å²) in [6, 6.07) is 4.46. The highest BCUT2D eigenvalue weighted by Crippen LogP contribution is 2.40. The van der Waals surface area contributed by atoms with E-state index in [0.29, 0.717) is 55.2 Å². The van der Waals surface area contributed by atoms with Crippen LogP contribution in [0.2, 0.25) is 0 Å². The summed E-state index contributed by atoms with van der Waals surface area (Å²) in [6.07, 6.45) is 2.30. The second kappa shape index (κ2) is 7.75. The quantitative estimate of drug-likeness (QED) is 0.548. The molecule has 0 spiro atoms. The molecule has 180 valence electrons. The van der Waals surface area contributed by atoms with Gasteiger partial charge in [0.05, 0.1) is 47.5 Å². The first-order valence-corrected chi connectivity index (χ1v) is 12.8. The van der Waals surface area contributed by atoms with Crippen molar-refractivity contribution in [2.75, 3.05) is 41.9 Å². The molecule has 3 aromatic rings. The van der Waals surface area contributed by atoms with E-state index >= 15 is 0 Å². The maximum absolute atomic E-state index is 13.9. The Balaban J connectivity index is 1.57. The van der Waals surface area contributed by atoms with Gasteiger partial charge in [-0.15, -0.1) is 4.09 Å². The van der Waals surface area contributed by atoms with E-state index < -0.39 is 21.6 Å². The highest BCUT2D eigenvalue weighted by molar-refractivity contribution is 7.90. The summed E-state index contributed by atoms with van der Waals surface area (Å²) in [4.78, 5) is 13.5. The predicted molar refractivity (Wildman–Crippen MR) is 125 cm³/mol. The van der Waals surface area contributed by atoms with Crippen molar-refractivity contribution in [3.8, 4) is 0 Å². The van der Waals surface area contributed by atoms with Crippen LogP contribution >= 0.6 is 0 Å². The Morgan fingerprint density at radius 1 is 1.26 bits per heavy atom. The third kappa shape index (κ3) is 3.29. The molecular weight excluding hydrogens is 463 g/mol. The van der Waals surface area contributed by atoms with E-state index in [1.54, 1.807) is 18.0 Å². The molecule has 1 aliphatic carbocycles. The number of ether oxygens (including phenoxy) is 1. The topological polar surface area (TPSA) is 118 Å². The number of hydrogen-bond donors (Lipinski definition) is 2. The summed E-state index contributed by atoms with van der Waals surface area (Å²) in [5.74, 6) is 0.514. The molecule has 0 bridgehead atoms. The Hall–Kier alpha value is -3.03. The number of aromatic nitrogens is 4. The third-order valence-electron chi connectivity index (χ3n) is 6.45. The Bertz CT molecular complexity index is 1380. The Kier molecular flexibility index (Phi) is 4.90. The molecule has 34 heavy (non-hydrogen) atoms. The minimum Gasteiger partial charge on any atom is -0.377 e. The van der Waals surface area contributed by atoms with Crippen LogP contribution in [0.5, 0.6) is 0 Å². The second-order valence-electron chi connectivity index (χ2n) is 8.80. The van der Waals surface area contributed by atoms with Crippen LogP contribution in [0.3, 0.4) is 0 Å². The number of rotatable bonds is 5. The number of morpholine rings is 1. The molecule has 2 atom stereocenters. The summed E-state index contributed by atoms with van der Waals surface area (Å²) >= 11 is 0. The number of nitrogens with one attached hydrogen (secondary N) is 2. The summed E-state index contributed by atoms with van der Waals surface area (Å²) in [7, 11) is -1.90. The summed E-state index contributed by atoms with van der Waals surface area (Å²) in [5, 5.41) is 10.7. The van der Waals surface area contributed by atoms with Crippen LogP contribution in [-0.2, 0) is 14.8 Å². The molecule has 2 aliphatic heterocycles. The zero-order chi connectivity index (χ0) is 23.6. The van der Waals surface area contributed by atoms with Crippen molar-refractivity contribution in [1.82, 2.24) is 24.5 Å². The SMILES string of the molecule is CNC1Nc2cc(F)ccc2N1c1nc(N2CCOC[C@H]2C)c2cnn(S(=O)(=O)C3CC3)c2n1. The predicted octanol–water partition coefficient (Wildman–Crippen LogP) is 1.60. The first-order chi connectivity index (χ1) is 16.4. The molecular formula is C21H25FN8O3S. The van der Waals surface area contributed by atoms with Gasteiger partial charge in [0.2, 0.25) is 5.95 Å². The average molecular weight is 489 g/mol. The Morgan fingerprint density at radius 3 is 2.82 bits per heavy atom. The van der Waals surface area contributed by atoms with Crippen molar-refractivity contribution in [3.63, 3.8) is 0 Å². The van der Waals surface area contributed by atoms with Crippen molar-refractivity contribution in [2.24, 2.45) is 0 Å². The maximum atomic E-state index is 13.9. The van der Waals surface area contributed by atoms with Crippen LogP contribution in [0.4, 0.5) is 27.5 Å². The zero-order valence-corrected chi connectivity index (χ0v) is 19.6. The van der Waals surface area contributed by atoms with Crippen molar-refractivity contribution in [2.45, 2.75) is 37.3 Å². The number of anilines is 4. The molecule has 1 saturated carbocycles. The van der Waals surface area contributed by atoms with Crippen LogP contribution in [0, 0.1) is 5.82 Å². The summed E-state index contributed by atoms with van der Waals surface area (Å²) < 4.78 is 46.8.